The third-order valence-corrected chi connectivity index (χ3v) is 4.53. The quantitative estimate of drug-likeness (QED) is 0.779. The number of aromatic nitrogens is 3. The number of benzene rings is 1. The number of nitrogens with zero attached hydrogens (tertiary/aromatic N) is 3. The van der Waals surface area contributed by atoms with E-state index in [4.69, 9.17) is 0 Å². The highest BCUT2D eigenvalue weighted by Gasteiger charge is 2.29. The van der Waals surface area contributed by atoms with Crippen molar-refractivity contribution in [3.8, 4) is 11.7 Å². The molecular weight excluding hydrogens is 300 g/mol. The van der Waals surface area contributed by atoms with E-state index in [9.17, 15) is 5.11 Å². The van der Waals surface area contributed by atoms with Crippen LogP contribution in [0.5, 0.6) is 5.88 Å². The maximum atomic E-state index is 10.8. The molecule has 122 valence electrons. The Morgan fingerprint density at radius 3 is 2.79 bits per heavy atom. The molecule has 0 spiro atoms. The summed E-state index contributed by atoms with van der Waals surface area (Å²) in [5.41, 5.74) is 4.37. The second-order valence-corrected chi connectivity index (χ2v) is 6.30. The zero-order valence-corrected chi connectivity index (χ0v) is 13.6. The first-order valence-corrected chi connectivity index (χ1v) is 8.21. The molecule has 4 rings (SSSR count). The smallest absolute Gasteiger partial charge is 0.219 e. The number of hydrogen-bond donors (Lipinski definition) is 2. The molecule has 0 aliphatic carbocycles. The second kappa shape index (κ2) is 6.09. The molecular formula is C19H20N4O. The van der Waals surface area contributed by atoms with Gasteiger partial charge >= 0.3 is 0 Å². The van der Waals surface area contributed by atoms with E-state index in [1.54, 1.807) is 10.9 Å². The van der Waals surface area contributed by atoms with Crippen molar-refractivity contribution in [1.29, 1.82) is 0 Å². The van der Waals surface area contributed by atoms with Gasteiger partial charge in [-0.25, -0.2) is 4.98 Å². The lowest BCUT2D eigenvalue weighted by Crippen LogP contribution is -2.28. The van der Waals surface area contributed by atoms with Crippen molar-refractivity contribution in [3.05, 3.63) is 71.0 Å². The summed E-state index contributed by atoms with van der Waals surface area (Å²) in [7, 11) is 0. The summed E-state index contributed by atoms with van der Waals surface area (Å²) in [4.78, 5) is 4.29. The molecule has 0 amide bonds. The molecule has 1 aliphatic rings. The highest BCUT2D eigenvalue weighted by molar-refractivity contribution is 5.42. The Bertz CT molecular complexity index is 840. The van der Waals surface area contributed by atoms with Crippen LogP contribution >= 0.6 is 0 Å². The van der Waals surface area contributed by atoms with Crippen LogP contribution in [0, 0.1) is 6.92 Å². The lowest BCUT2D eigenvalue weighted by Gasteiger charge is -2.22. The predicted octanol–water partition coefficient (Wildman–Crippen LogP) is 2.71. The molecule has 1 aromatic carbocycles. The highest BCUT2D eigenvalue weighted by atomic mass is 16.3. The molecule has 0 fully saturated rings. The van der Waals surface area contributed by atoms with E-state index in [0.29, 0.717) is 12.4 Å². The average molecular weight is 320 g/mol. The fraction of sp³-hybridized carbons (Fsp3) is 0.263. The van der Waals surface area contributed by atoms with Gasteiger partial charge in [-0.3, -0.25) is 0 Å². The van der Waals surface area contributed by atoms with Gasteiger partial charge in [-0.1, -0.05) is 35.9 Å². The lowest BCUT2D eigenvalue weighted by atomic mass is 9.89. The summed E-state index contributed by atoms with van der Waals surface area (Å²) < 4.78 is 1.54. The van der Waals surface area contributed by atoms with E-state index in [0.717, 1.165) is 24.2 Å². The van der Waals surface area contributed by atoms with Gasteiger partial charge in [0.1, 0.15) is 0 Å². The highest BCUT2D eigenvalue weighted by Crippen LogP contribution is 2.35. The number of rotatable bonds is 3. The van der Waals surface area contributed by atoms with Crippen LogP contribution in [0.25, 0.3) is 5.82 Å². The van der Waals surface area contributed by atoms with E-state index in [2.05, 4.69) is 46.6 Å². The Hall–Kier alpha value is -2.66. The molecule has 1 unspecified atom stereocenters. The third-order valence-electron chi connectivity index (χ3n) is 4.53. The predicted molar refractivity (Wildman–Crippen MR) is 92.4 cm³/mol. The normalized spacial score (nSPS) is 16.8. The number of pyridine rings is 1. The SMILES string of the molecule is Cc1ccc(CC2CNCc3nn(-c4ccccn4)c(O)c32)cc1. The molecule has 0 saturated heterocycles. The molecule has 1 atom stereocenters. The maximum absolute atomic E-state index is 10.8. The molecule has 2 aromatic heterocycles. The summed E-state index contributed by atoms with van der Waals surface area (Å²) >= 11 is 0. The molecule has 3 aromatic rings. The first-order valence-electron chi connectivity index (χ1n) is 8.21. The topological polar surface area (TPSA) is 63.0 Å². The molecule has 0 radical (unpaired) electrons. The number of aryl methyl sites for hydroxylation is 1. The summed E-state index contributed by atoms with van der Waals surface area (Å²) in [5.74, 6) is 1.05. The number of fused-ring (bicyclic) bond motifs is 1. The lowest BCUT2D eigenvalue weighted by molar-refractivity contribution is 0.417. The Morgan fingerprint density at radius 1 is 1.21 bits per heavy atom. The molecule has 1 aliphatic heterocycles. The van der Waals surface area contributed by atoms with Crippen molar-refractivity contribution in [2.24, 2.45) is 0 Å². The van der Waals surface area contributed by atoms with Crippen LogP contribution in [-0.4, -0.2) is 26.4 Å². The van der Waals surface area contributed by atoms with Crippen LogP contribution in [0.15, 0.2) is 48.7 Å². The first kappa shape index (κ1) is 14.9. The molecule has 24 heavy (non-hydrogen) atoms. The minimum absolute atomic E-state index is 0.203. The largest absolute Gasteiger partial charge is 0.493 e. The van der Waals surface area contributed by atoms with Crippen LogP contribution in [0.2, 0.25) is 0 Å². The summed E-state index contributed by atoms with van der Waals surface area (Å²) in [6.07, 6.45) is 2.58. The fourth-order valence-electron chi connectivity index (χ4n) is 3.30. The van der Waals surface area contributed by atoms with E-state index in [1.165, 1.54) is 11.1 Å². The van der Waals surface area contributed by atoms with Crippen molar-refractivity contribution in [3.63, 3.8) is 0 Å². The van der Waals surface area contributed by atoms with Crippen LogP contribution in [0.4, 0.5) is 0 Å². The van der Waals surface area contributed by atoms with Crippen molar-refractivity contribution < 1.29 is 5.11 Å². The molecule has 0 bridgehead atoms. The Morgan fingerprint density at radius 2 is 2.04 bits per heavy atom. The summed E-state index contributed by atoms with van der Waals surface area (Å²) in [5, 5.41) is 18.7. The van der Waals surface area contributed by atoms with Crippen LogP contribution < -0.4 is 5.32 Å². The van der Waals surface area contributed by atoms with Gasteiger partial charge in [0.15, 0.2) is 5.82 Å². The van der Waals surface area contributed by atoms with Crippen molar-refractivity contribution in [2.45, 2.75) is 25.8 Å². The van der Waals surface area contributed by atoms with E-state index in [-0.39, 0.29) is 11.8 Å². The van der Waals surface area contributed by atoms with Gasteiger partial charge in [0.25, 0.3) is 0 Å². The van der Waals surface area contributed by atoms with Crippen LogP contribution in [0.3, 0.4) is 0 Å². The van der Waals surface area contributed by atoms with Crippen LogP contribution in [0.1, 0.15) is 28.3 Å². The fourth-order valence-corrected chi connectivity index (χ4v) is 3.30. The zero-order chi connectivity index (χ0) is 16.5. The third kappa shape index (κ3) is 2.67. The zero-order valence-electron chi connectivity index (χ0n) is 13.6. The minimum atomic E-state index is 0.203. The van der Waals surface area contributed by atoms with Crippen molar-refractivity contribution in [1.82, 2.24) is 20.1 Å². The van der Waals surface area contributed by atoms with Gasteiger partial charge in [-0.15, -0.1) is 0 Å². The van der Waals surface area contributed by atoms with Crippen molar-refractivity contribution in [2.75, 3.05) is 6.54 Å². The van der Waals surface area contributed by atoms with E-state index < -0.39 is 0 Å². The van der Waals surface area contributed by atoms with Crippen molar-refractivity contribution >= 4 is 0 Å². The molecule has 0 saturated carbocycles. The first-order chi connectivity index (χ1) is 11.7. The number of aromatic hydroxyl groups is 1. The monoisotopic (exact) mass is 320 g/mol. The molecule has 5 heteroatoms. The van der Waals surface area contributed by atoms with Gasteiger partial charge in [0.05, 0.1) is 5.69 Å². The van der Waals surface area contributed by atoms with Gasteiger partial charge in [0.2, 0.25) is 5.88 Å². The van der Waals surface area contributed by atoms with Gasteiger partial charge < -0.3 is 10.4 Å². The standard InChI is InChI=1S/C19H20N4O/c1-13-5-7-14(8-6-13)10-15-11-20-12-16-18(15)19(24)23(22-16)17-4-2-3-9-21-17/h2-9,15,20,24H,10-12H2,1H3. The van der Waals surface area contributed by atoms with Crippen LogP contribution in [-0.2, 0) is 13.0 Å². The molecule has 5 nitrogen and oxygen atoms in total. The molecule has 2 N–H and O–H groups in total. The Labute approximate surface area is 141 Å². The Balaban J connectivity index is 1.69. The van der Waals surface area contributed by atoms with Gasteiger partial charge in [-0.2, -0.15) is 9.78 Å². The summed E-state index contributed by atoms with van der Waals surface area (Å²) in [6, 6.07) is 14.2. The maximum Gasteiger partial charge on any atom is 0.219 e. The average Bonchev–Trinajstić information content (AvgIpc) is 2.96. The minimum Gasteiger partial charge on any atom is -0.493 e. The number of hydrogen-bond acceptors (Lipinski definition) is 4. The second-order valence-electron chi connectivity index (χ2n) is 6.30. The molecule has 3 heterocycles. The van der Waals surface area contributed by atoms with E-state index >= 15 is 0 Å². The number of nitrogens with one attached hydrogen (secondary N) is 1. The van der Waals surface area contributed by atoms with Gasteiger partial charge in [-0.05, 0) is 31.0 Å². The Kier molecular flexibility index (Phi) is 3.78. The summed E-state index contributed by atoms with van der Waals surface area (Å²) in [6.45, 7) is 3.60. The van der Waals surface area contributed by atoms with E-state index in [1.807, 2.05) is 18.2 Å². The van der Waals surface area contributed by atoms with Gasteiger partial charge in [0, 0.05) is 30.8 Å².